The van der Waals surface area contributed by atoms with Crippen LogP contribution in [0.5, 0.6) is 0 Å². The lowest BCUT2D eigenvalue weighted by molar-refractivity contribution is -0.119. The molecule has 0 aromatic carbocycles. The largest absolute Gasteiger partial charge is 0.295 e. The van der Waals surface area contributed by atoms with Gasteiger partial charge in [0.15, 0.2) is 5.78 Å². The summed E-state index contributed by atoms with van der Waals surface area (Å²) in [7, 11) is 0. The van der Waals surface area contributed by atoms with Gasteiger partial charge in [-0.2, -0.15) is 0 Å². The second-order valence-electron chi connectivity index (χ2n) is 1.81. The normalized spacial score (nSPS) is 46.6. The van der Waals surface area contributed by atoms with E-state index in [4.69, 9.17) is 4.84 Å². The van der Waals surface area contributed by atoms with Crippen LogP contribution in [0.25, 0.3) is 0 Å². The molecule has 2 saturated heterocycles. The molecule has 3 heteroatoms. The maximum atomic E-state index is 10.4. The number of nitrogens with zero attached hydrogens (tertiary/aromatic N) is 1. The van der Waals surface area contributed by atoms with E-state index in [0.29, 0.717) is 6.42 Å². The van der Waals surface area contributed by atoms with Crippen molar-refractivity contribution in [1.82, 2.24) is 5.06 Å². The van der Waals surface area contributed by atoms with Gasteiger partial charge in [0.2, 0.25) is 6.23 Å². The molecule has 2 heterocycles. The van der Waals surface area contributed by atoms with Crippen molar-refractivity contribution in [1.29, 1.82) is 0 Å². The van der Waals surface area contributed by atoms with Crippen molar-refractivity contribution in [3.05, 3.63) is 0 Å². The molecule has 0 amide bonds. The van der Waals surface area contributed by atoms with E-state index >= 15 is 0 Å². The molecule has 2 rings (SSSR count). The summed E-state index contributed by atoms with van der Waals surface area (Å²) < 4.78 is 0. The molecule has 2 fully saturated rings. The molecule has 3 nitrogen and oxygen atoms in total. The van der Waals surface area contributed by atoms with Crippen molar-refractivity contribution >= 4 is 5.78 Å². The molecule has 0 aromatic rings. The highest BCUT2D eigenvalue weighted by atomic mass is 16.8. The van der Waals surface area contributed by atoms with Crippen molar-refractivity contribution < 1.29 is 9.63 Å². The highest BCUT2D eigenvalue weighted by molar-refractivity contribution is 5.86. The van der Waals surface area contributed by atoms with Crippen LogP contribution < -0.4 is 0 Å². The van der Waals surface area contributed by atoms with Gasteiger partial charge in [-0.05, 0) is 0 Å². The summed E-state index contributed by atoms with van der Waals surface area (Å²) in [6.45, 7) is 0.809. The van der Waals surface area contributed by atoms with Gasteiger partial charge in [-0.1, -0.05) is 0 Å². The number of hydrogen-bond donors (Lipinski definition) is 0. The molecule has 7 heavy (non-hydrogen) atoms. The minimum atomic E-state index is -0.125. The Hall–Kier alpha value is -0.410. The Morgan fingerprint density at radius 2 is 2.71 bits per heavy atom. The lowest BCUT2D eigenvalue weighted by Crippen LogP contribution is -1.98. The van der Waals surface area contributed by atoms with E-state index in [1.807, 2.05) is 0 Å². The summed E-state index contributed by atoms with van der Waals surface area (Å²) in [5.41, 5.74) is 0. The highest BCUT2D eigenvalue weighted by Gasteiger charge is 2.47. The number of hydrogen-bond acceptors (Lipinski definition) is 3. The Bertz CT molecular complexity index is 123. The average Bonchev–Trinajstić information content (AvgIpc) is 2.33. The summed E-state index contributed by atoms with van der Waals surface area (Å²) in [5.74, 6) is 0.236. The third-order valence-corrected chi connectivity index (χ3v) is 1.31. The van der Waals surface area contributed by atoms with E-state index in [1.165, 1.54) is 0 Å². The molecule has 0 bridgehead atoms. The number of fused-ring (bicyclic) bond motifs is 1. The van der Waals surface area contributed by atoms with Crippen LogP contribution in [0.4, 0.5) is 0 Å². The zero-order chi connectivity index (χ0) is 4.85. The van der Waals surface area contributed by atoms with E-state index < -0.39 is 0 Å². The zero-order valence-electron chi connectivity index (χ0n) is 3.76. The molecule has 38 valence electrons. The average molecular weight is 99.1 g/mol. The molecular formula is C4H5NO2. The van der Waals surface area contributed by atoms with Gasteiger partial charge in [0.25, 0.3) is 0 Å². The Morgan fingerprint density at radius 3 is 2.86 bits per heavy atom. The number of carbonyl (C=O) groups excluding carboxylic acids is 1. The first-order valence-electron chi connectivity index (χ1n) is 2.34. The van der Waals surface area contributed by atoms with Gasteiger partial charge in [-0.15, -0.1) is 5.06 Å². The highest BCUT2D eigenvalue weighted by Crippen LogP contribution is 2.28. The molecule has 0 radical (unpaired) electrons. The van der Waals surface area contributed by atoms with Crippen LogP contribution in [-0.4, -0.2) is 23.6 Å². The summed E-state index contributed by atoms with van der Waals surface area (Å²) in [6, 6.07) is 0. The smallest absolute Gasteiger partial charge is 0.212 e. The Balaban J connectivity index is 2.21. The van der Waals surface area contributed by atoms with Crippen molar-refractivity contribution in [2.24, 2.45) is 0 Å². The topological polar surface area (TPSA) is 32.6 Å². The SMILES string of the molecule is O=C1CCN2OC12. The minimum Gasteiger partial charge on any atom is -0.295 e. The lowest BCUT2D eigenvalue weighted by atomic mass is 10.3. The number of ketones is 1. The van der Waals surface area contributed by atoms with Crippen LogP contribution in [0, 0.1) is 0 Å². The van der Waals surface area contributed by atoms with Crippen molar-refractivity contribution in [3.8, 4) is 0 Å². The fraction of sp³-hybridized carbons (Fsp3) is 0.750. The number of Topliss-reactive ketones (excluding diaryl/α,β-unsaturated/α-hetero) is 1. The number of carbonyl (C=O) groups is 1. The molecule has 2 atom stereocenters. The van der Waals surface area contributed by atoms with Gasteiger partial charge >= 0.3 is 0 Å². The van der Waals surface area contributed by atoms with Gasteiger partial charge < -0.3 is 0 Å². The number of rotatable bonds is 0. The predicted molar refractivity (Wildman–Crippen MR) is 21.2 cm³/mol. The van der Waals surface area contributed by atoms with Crippen molar-refractivity contribution in [2.45, 2.75) is 12.6 Å². The molecule has 2 aliphatic rings. The molecule has 0 aromatic heterocycles. The fourth-order valence-electron chi connectivity index (χ4n) is 0.834. The third-order valence-electron chi connectivity index (χ3n) is 1.31. The van der Waals surface area contributed by atoms with Crippen LogP contribution >= 0.6 is 0 Å². The van der Waals surface area contributed by atoms with Crippen molar-refractivity contribution in [2.75, 3.05) is 6.54 Å². The minimum absolute atomic E-state index is 0.125. The van der Waals surface area contributed by atoms with Crippen LogP contribution in [-0.2, 0) is 9.63 Å². The first-order chi connectivity index (χ1) is 3.38. The van der Waals surface area contributed by atoms with Gasteiger partial charge in [0, 0.05) is 13.0 Å². The molecule has 0 spiro atoms. The third kappa shape index (κ3) is 0.338. The standard InChI is InChI=1S/C4H5NO2/c6-3-1-2-5-4(3)7-5/h4H,1-2H2. The first-order valence-corrected chi connectivity index (χ1v) is 2.34. The molecule has 2 aliphatic heterocycles. The second kappa shape index (κ2) is 0.877. The van der Waals surface area contributed by atoms with Crippen LogP contribution in [0.1, 0.15) is 6.42 Å². The van der Waals surface area contributed by atoms with E-state index in [1.54, 1.807) is 5.06 Å². The Labute approximate surface area is 40.8 Å². The fourth-order valence-corrected chi connectivity index (χ4v) is 0.834. The first kappa shape index (κ1) is 3.57. The van der Waals surface area contributed by atoms with E-state index in [-0.39, 0.29) is 12.0 Å². The maximum absolute atomic E-state index is 10.4. The number of hydroxylamine groups is 2. The molecule has 0 N–H and O–H groups in total. The Morgan fingerprint density at radius 1 is 1.86 bits per heavy atom. The van der Waals surface area contributed by atoms with Gasteiger partial charge in [0.1, 0.15) is 0 Å². The zero-order valence-corrected chi connectivity index (χ0v) is 3.76. The molecule has 0 saturated carbocycles. The molecular weight excluding hydrogens is 94.0 g/mol. The maximum Gasteiger partial charge on any atom is 0.212 e. The van der Waals surface area contributed by atoms with E-state index in [0.717, 1.165) is 6.54 Å². The summed E-state index contributed by atoms with van der Waals surface area (Å²) in [5, 5.41) is 1.70. The monoisotopic (exact) mass is 99.0 g/mol. The second-order valence-corrected chi connectivity index (χ2v) is 1.81. The summed E-state index contributed by atoms with van der Waals surface area (Å²) >= 11 is 0. The molecule has 2 unspecified atom stereocenters. The predicted octanol–water partition coefficient (Wildman–Crippen LogP) is -0.468. The van der Waals surface area contributed by atoms with E-state index in [2.05, 4.69) is 0 Å². The molecule has 0 aliphatic carbocycles. The lowest BCUT2D eigenvalue weighted by Gasteiger charge is -1.81. The van der Waals surface area contributed by atoms with Crippen LogP contribution in [0.3, 0.4) is 0 Å². The van der Waals surface area contributed by atoms with Gasteiger partial charge in [-0.3, -0.25) is 9.63 Å². The van der Waals surface area contributed by atoms with Crippen molar-refractivity contribution in [3.63, 3.8) is 0 Å². The van der Waals surface area contributed by atoms with E-state index in [9.17, 15) is 4.79 Å². The Kier molecular flexibility index (Phi) is 0.448. The summed E-state index contributed by atoms with van der Waals surface area (Å²) in [4.78, 5) is 15.2. The summed E-state index contributed by atoms with van der Waals surface area (Å²) in [6.07, 6.45) is 0.560. The van der Waals surface area contributed by atoms with Crippen LogP contribution in [0.15, 0.2) is 0 Å². The quantitative estimate of drug-likeness (QED) is 0.385. The van der Waals surface area contributed by atoms with Gasteiger partial charge in [0.05, 0.1) is 0 Å². The van der Waals surface area contributed by atoms with Crippen LogP contribution in [0.2, 0.25) is 0 Å². The van der Waals surface area contributed by atoms with Gasteiger partial charge in [-0.25, -0.2) is 0 Å².